The van der Waals surface area contributed by atoms with Gasteiger partial charge in [0.1, 0.15) is 17.4 Å². The van der Waals surface area contributed by atoms with Crippen LogP contribution in [0.5, 0.6) is 0 Å². The van der Waals surface area contributed by atoms with Gasteiger partial charge in [-0.1, -0.05) is 19.9 Å². The SMILES string of the molecule is CC1(C)C(Nc2cccc(F)c2C#N)C2CCCOC21. The lowest BCUT2D eigenvalue weighted by Crippen LogP contribution is -2.67. The molecular formula is C16H19FN2O. The molecule has 1 saturated carbocycles. The predicted molar refractivity (Wildman–Crippen MR) is 74.8 cm³/mol. The number of benzene rings is 1. The summed E-state index contributed by atoms with van der Waals surface area (Å²) >= 11 is 0. The number of nitrogens with zero attached hydrogens (tertiary/aromatic N) is 1. The minimum Gasteiger partial charge on any atom is -0.380 e. The van der Waals surface area contributed by atoms with Gasteiger partial charge in [-0.3, -0.25) is 0 Å². The maximum atomic E-state index is 13.7. The van der Waals surface area contributed by atoms with Crippen molar-refractivity contribution in [3.05, 3.63) is 29.6 Å². The summed E-state index contributed by atoms with van der Waals surface area (Å²) in [6, 6.07) is 6.90. The van der Waals surface area contributed by atoms with Crippen LogP contribution in [0.15, 0.2) is 18.2 Å². The zero-order valence-corrected chi connectivity index (χ0v) is 11.8. The topological polar surface area (TPSA) is 45.0 Å². The van der Waals surface area contributed by atoms with Gasteiger partial charge in [-0.15, -0.1) is 0 Å². The number of rotatable bonds is 2. The molecule has 4 heteroatoms. The number of hydrogen-bond donors (Lipinski definition) is 1. The first-order valence-electron chi connectivity index (χ1n) is 7.12. The molecule has 1 aliphatic heterocycles. The maximum absolute atomic E-state index is 13.7. The van der Waals surface area contributed by atoms with Crippen molar-refractivity contribution < 1.29 is 9.13 Å². The molecule has 3 rings (SSSR count). The summed E-state index contributed by atoms with van der Waals surface area (Å²) in [5.74, 6) is -0.0142. The molecule has 3 nitrogen and oxygen atoms in total. The first kappa shape index (κ1) is 13.4. The Kier molecular flexibility index (Phi) is 3.18. The third-order valence-electron chi connectivity index (χ3n) is 4.77. The highest BCUT2D eigenvalue weighted by atomic mass is 19.1. The summed E-state index contributed by atoms with van der Waals surface area (Å²) in [7, 11) is 0. The number of nitriles is 1. The van der Waals surface area contributed by atoms with Crippen molar-refractivity contribution in [1.82, 2.24) is 0 Å². The average Bonchev–Trinajstić information content (AvgIpc) is 2.45. The summed E-state index contributed by atoms with van der Waals surface area (Å²) < 4.78 is 19.5. The van der Waals surface area contributed by atoms with E-state index in [-0.39, 0.29) is 23.1 Å². The molecule has 20 heavy (non-hydrogen) atoms. The monoisotopic (exact) mass is 274 g/mol. The zero-order valence-electron chi connectivity index (χ0n) is 11.8. The lowest BCUT2D eigenvalue weighted by molar-refractivity contribution is -0.177. The Balaban J connectivity index is 1.85. The standard InChI is InChI=1S/C16H19FN2O/c1-16(2)14(10-5-4-8-20-15(10)16)19-13-7-3-6-12(17)11(13)9-18/h3,6-7,10,14-15,19H,4-5,8H2,1-2H3. The van der Waals surface area contributed by atoms with Crippen LogP contribution in [0.2, 0.25) is 0 Å². The highest BCUT2D eigenvalue weighted by molar-refractivity contribution is 5.59. The predicted octanol–water partition coefficient (Wildman–Crippen LogP) is 3.31. The third-order valence-corrected chi connectivity index (χ3v) is 4.77. The molecule has 0 amide bonds. The van der Waals surface area contributed by atoms with Gasteiger partial charge in [0.2, 0.25) is 0 Å². The molecule has 1 heterocycles. The van der Waals surface area contributed by atoms with Crippen LogP contribution in [0.3, 0.4) is 0 Å². The van der Waals surface area contributed by atoms with E-state index in [0.717, 1.165) is 19.4 Å². The van der Waals surface area contributed by atoms with Crippen LogP contribution in [0.4, 0.5) is 10.1 Å². The summed E-state index contributed by atoms with van der Waals surface area (Å²) in [5.41, 5.74) is 0.697. The van der Waals surface area contributed by atoms with Crippen LogP contribution in [0.25, 0.3) is 0 Å². The van der Waals surface area contributed by atoms with Crippen molar-refractivity contribution in [2.24, 2.45) is 11.3 Å². The number of anilines is 1. The minimum atomic E-state index is -0.467. The number of hydrogen-bond acceptors (Lipinski definition) is 3. The minimum absolute atomic E-state index is 0.00410. The molecule has 1 aliphatic carbocycles. The lowest BCUT2D eigenvalue weighted by Gasteiger charge is -2.60. The molecule has 3 unspecified atom stereocenters. The van der Waals surface area contributed by atoms with E-state index in [1.165, 1.54) is 6.07 Å². The Morgan fingerprint density at radius 3 is 3.00 bits per heavy atom. The highest BCUT2D eigenvalue weighted by Crippen LogP contribution is 2.52. The van der Waals surface area contributed by atoms with E-state index in [2.05, 4.69) is 19.2 Å². The molecule has 1 saturated heterocycles. The highest BCUT2D eigenvalue weighted by Gasteiger charge is 2.58. The van der Waals surface area contributed by atoms with Gasteiger partial charge in [0.15, 0.2) is 0 Å². The summed E-state index contributed by atoms with van der Waals surface area (Å²) in [4.78, 5) is 0. The second-order valence-electron chi connectivity index (χ2n) is 6.32. The number of fused-ring (bicyclic) bond motifs is 1. The lowest BCUT2D eigenvalue weighted by atomic mass is 9.55. The molecule has 2 aliphatic rings. The molecule has 0 radical (unpaired) electrons. The van der Waals surface area contributed by atoms with Crippen molar-refractivity contribution in [1.29, 1.82) is 5.26 Å². The van der Waals surface area contributed by atoms with Gasteiger partial charge in [-0.2, -0.15) is 5.26 Å². The molecular weight excluding hydrogens is 255 g/mol. The fraction of sp³-hybridized carbons (Fsp3) is 0.562. The number of nitrogens with one attached hydrogen (secondary N) is 1. The first-order chi connectivity index (χ1) is 9.55. The smallest absolute Gasteiger partial charge is 0.143 e. The van der Waals surface area contributed by atoms with E-state index >= 15 is 0 Å². The molecule has 0 bridgehead atoms. The van der Waals surface area contributed by atoms with Gasteiger partial charge in [-0.25, -0.2) is 4.39 Å². The maximum Gasteiger partial charge on any atom is 0.143 e. The Bertz CT molecular complexity index is 564. The molecule has 0 aromatic heterocycles. The summed E-state index contributed by atoms with van der Waals surface area (Å²) in [5, 5.41) is 12.5. The summed E-state index contributed by atoms with van der Waals surface area (Å²) in [6.45, 7) is 5.17. The van der Waals surface area contributed by atoms with Crippen LogP contribution in [-0.4, -0.2) is 18.8 Å². The van der Waals surface area contributed by atoms with Crippen LogP contribution >= 0.6 is 0 Å². The van der Waals surface area contributed by atoms with Crippen molar-refractivity contribution in [2.75, 3.05) is 11.9 Å². The molecule has 1 aromatic rings. The molecule has 1 N–H and O–H groups in total. The second kappa shape index (κ2) is 4.75. The van der Waals surface area contributed by atoms with Crippen molar-refractivity contribution in [3.63, 3.8) is 0 Å². The van der Waals surface area contributed by atoms with E-state index in [0.29, 0.717) is 11.6 Å². The summed E-state index contributed by atoms with van der Waals surface area (Å²) in [6.07, 6.45) is 2.47. The van der Waals surface area contributed by atoms with Crippen molar-refractivity contribution in [3.8, 4) is 6.07 Å². The van der Waals surface area contributed by atoms with Gasteiger partial charge in [-0.05, 0) is 25.0 Å². The van der Waals surface area contributed by atoms with Crippen molar-refractivity contribution in [2.45, 2.75) is 38.8 Å². The van der Waals surface area contributed by atoms with Gasteiger partial charge in [0.25, 0.3) is 0 Å². The van der Waals surface area contributed by atoms with E-state index in [4.69, 9.17) is 10.00 Å². The van der Waals surface area contributed by atoms with Crippen LogP contribution < -0.4 is 5.32 Å². The fourth-order valence-corrected chi connectivity index (χ4v) is 3.74. The molecule has 2 fully saturated rings. The molecule has 0 spiro atoms. The Hall–Kier alpha value is -1.60. The quantitative estimate of drug-likeness (QED) is 0.900. The number of halogens is 1. The second-order valence-corrected chi connectivity index (χ2v) is 6.32. The number of ether oxygens (including phenoxy) is 1. The van der Waals surface area contributed by atoms with Crippen molar-refractivity contribution >= 4 is 5.69 Å². The Morgan fingerprint density at radius 1 is 1.45 bits per heavy atom. The van der Waals surface area contributed by atoms with Crippen LogP contribution in [0, 0.1) is 28.5 Å². The van der Waals surface area contributed by atoms with Crippen LogP contribution in [0.1, 0.15) is 32.3 Å². The van der Waals surface area contributed by atoms with E-state index in [1.54, 1.807) is 12.1 Å². The average molecular weight is 274 g/mol. The normalized spacial score (nSPS) is 30.8. The Labute approximate surface area is 118 Å². The fourth-order valence-electron chi connectivity index (χ4n) is 3.74. The molecule has 3 atom stereocenters. The first-order valence-corrected chi connectivity index (χ1v) is 7.12. The van der Waals surface area contributed by atoms with Gasteiger partial charge < -0.3 is 10.1 Å². The third kappa shape index (κ3) is 1.89. The van der Waals surface area contributed by atoms with Gasteiger partial charge >= 0.3 is 0 Å². The van der Waals surface area contributed by atoms with E-state index < -0.39 is 5.82 Å². The van der Waals surface area contributed by atoms with Gasteiger partial charge in [0, 0.05) is 24.0 Å². The largest absolute Gasteiger partial charge is 0.380 e. The molecule has 1 aromatic carbocycles. The Morgan fingerprint density at radius 2 is 2.25 bits per heavy atom. The zero-order chi connectivity index (χ0) is 14.3. The van der Waals surface area contributed by atoms with E-state index in [1.807, 2.05) is 6.07 Å². The van der Waals surface area contributed by atoms with E-state index in [9.17, 15) is 4.39 Å². The van der Waals surface area contributed by atoms with Gasteiger partial charge in [0.05, 0.1) is 11.8 Å². The van der Waals surface area contributed by atoms with Crippen LogP contribution in [-0.2, 0) is 4.74 Å². The molecule has 106 valence electrons.